The van der Waals surface area contributed by atoms with Gasteiger partial charge in [0.15, 0.2) is 0 Å². The van der Waals surface area contributed by atoms with Gasteiger partial charge >= 0.3 is 0 Å². The number of benzene rings is 2. The van der Waals surface area contributed by atoms with Gasteiger partial charge in [0, 0.05) is 28.4 Å². The zero-order chi connectivity index (χ0) is 14.1. The Bertz CT molecular complexity index is 687. The van der Waals surface area contributed by atoms with Crippen molar-refractivity contribution in [3.8, 4) is 0 Å². The monoisotopic (exact) mass is 310 g/mol. The van der Waals surface area contributed by atoms with Crippen LogP contribution in [0.3, 0.4) is 0 Å². The van der Waals surface area contributed by atoms with Gasteiger partial charge in [0.2, 0.25) is 0 Å². The molecule has 0 amide bonds. The van der Waals surface area contributed by atoms with Crippen molar-refractivity contribution in [1.82, 2.24) is 4.90 Å². The second kappa shape index (κ2) is 6.57. The Labute approximate surface area is 137 Å². The summed E-state index contributed by atoms with van der Waals surface area (Å²) in [6, 6.07) is 17.1. The van der Waals surface area contributed by atoms with Gasteiger partial charge in [-0.15, -0.1) is 0 Å². The highest BCUT2D eigenvalue weighted by molar-refractivity contribution is 7.99. The summed E-state index contributed by atoms with van der Waals surface area (Å²) in [6.07, 6.45) is 3.89. The fourth-order valence-electron chi connectivity index (χ4n) is 3.02. The van der Waals surface area contributed by atoms with Crippen molar-refractivity contribution in [2.75, 3.05) is 13.1 Å². The zero-order valence-electron chi connectivity index (χ0n) is 12.0. The van der Waals surface area contributed by atoms with Crippen molar-refractivity contribution in [3.63, 3.8) is 0 Å². The van der Waals surface area contributed by atoms with E-state index >= 15 is 0 Å². The lowest BCUT2D eigenvalue weighted by atomic mass is 10.1. The van der Waals surface area contributed by atoms with E-state index in [4.69, 9.17) is 4.99 Å². The maximum Gasteiger partial charge on any atom is 0.137 e. The van der Waals surface area contributed by atoms with Crippen LogP contribution in [-0.2, 0) is 0 Å². The largest absolute Gasteiger partial charge is 0.356 e. The molecule has 0 bridgehead atoms. The maximum atomic E-state index is 5.03. The average molecular weight is 310 g/mol. The maximum absolute atomic E-state index is 5.03. The Kier molecular flexibility index (Phi) is 4.53. The third-order valence-electron chi connectivity index (χ3n) is 4.10. The van der Waals surface area contributed by atoms with Crippen molar-refractivity contribution >= 4 is 23.3 Å². The van der Waals surface area contributed by atoms with Crippen molar-refractivity contribution < 1.29 is 0 Å². The van der Waals surface area contributed by atoms with Crippen molar-refractivity contribution in [2.45, 2.75) is 36.5 Å². The van der Waals surface area contributed by atoms with Crippen LogP contribution in [0.4, 0.5) is 5.69 Å². The molecule has 0 unspecified atom stereocenters. The van der Waals surface area contributed by atoms with Crippen molar-refractivity contribution in [3.05, 3.63) is 54.1 Å². The molecule has 1 saturated heterocycles. The lowest BCUT2D eigenvalue weighted by Crippen LogP contribution is -2.36. The molecule has 4 rings (SSSR count). The number of nitrogens with zero attached hydrogens (tertiary/aromatic N) is 2. The number of hydrogen-bond donors (Lipinski definition) is 0. The molecule has 0 N–H and O–H groups in total. The molecule has 0 saturated carbocycles. The second-order valence-electron chi connectivity index (χ2n) is 5.55. The Balaban J connectivity index is 0.00000144. The summed E-state index contributed by atoms with van der Waals surface area (Å²) in [6.45, 7) is 2.25. The Morgan fingerprint density at radius 3 is 2.32 bits per heavy atom. The van der Waals surface area contributed by atoms with Crippen LogP contribution >= 0.6 is 11.8 Å². The normalized spacial score (nSPS) is 16.7. The highest BCUT2D eigenvalue weighted by Crippen LogP contribution is 2.40. The molecule has 114 valence electrons. The van der Waals surface area contributed by atoms with Crippen LogP contribution in [0.15, 0.2) is 63.3 Å². The summed E-state index contributed by atoms with van der Waals surface area (Å²) >= 11 is 1.83. The van der Waals surface area contributed by atoms with E-state index in [2.05, 4.69) is 53.4 Å². The number of fused-ring (bicyclic) bond motifs is 2. The molecule has 2 aromatic rings. The first kappa shape index (κ1) is 15.2. The lowest BCUT2D eigenvalue weighted by Gasteiger charge is -2.30. The minimum atomic E-state index is 0. The summed E-state index contributed by atoms with van der Waals surface area (Å²) in [4.78, 5) is 10.0. The quantitative estimate of drug-likeness (QED) is 0.651. The van der Waals surface area contributed by atoms with Crippen LogP contribution in [0.1, 0.15) is 32.3 Å². The standard InChI is InChI=1S/C18H18N2S.CH4/c1-6-12-20(13-7-1)18-14-8-2-4-10-16(14)21-17-11-5-3-9-15(17)19-18;/h2-5,8-11H,1,6-7,12-13H2;1H4. The molecule has 0 aromatic heterocycles. The summed E-state index contributed by atoms with van der Waals surface area (Å²) in [7, 11) is 0. The molecule has 0 aliphatic carbocycles. The van der Waals surface area contributed by atoms with Crippen molar-refractivity contribution in [1.29, 1.82) is 0 Å². The molecule has 22 heavy (non-hydrogen) atoms. The van der Waals surface area contributed by atoms with Gasteiger partial charge in [-0.1, -0.05) is 49.5 Å². The Morgan fingerprint density at radius 1 is 0.818 bits per heavy atom. The van der Waals surface area contributed by atoms with E-state index < -0.39 is 0 Å². The molecule has 2 aliphatic heterocycles. The average Bonchev–Trinajstić information content (AvgIpc) is 2.72. The minimum absolute atomic E-state index is 0. The number of aliphatic imine (C=N–C) groups is 1. The van der Waals surface area contributed by atoms with Gasteiger partial charge in [0.05, 0.1) is 5.69 Å². The van der Waals surface area contributed by atoms with Crippen LogP contribution in [0, 0.1) is 0 Å². The van der Waals surface area contributed by atoms with E-state index in [-0.39, 0.29) is 7.43 Å². The number of piperidine rings is 1. The molecule has 0 spiro atoms. The molecular weight excluding hydrogens is 288 g/mol. The predicted molar refractivity (Wildman–Crippen MR) is 95.4 cm³/mol. The zero-order valence-corrected chi connectivity index (χ0v) is 12.8. The van der Waals surface area contributed by atoms with E-state index in [9.17, 15) is 0 Å². The highest BCUT2D eigenvalue weighted by Gasteiger charge is 2.22. The van der Waals surface area contributed by atoms with Gasteiger partial charge in [0.25, 0.3) is 0 Å². The lowest BCUT2D eigenvalue weighted by molar-refractivity contribution is 0.342. The first-order chi connectivity index (χ1) is 10.4. The van der Waals surface area contributed by atoms with E-state index in [0.717, 1.165) is 24.6 Å². The summed E-state index contributed by atoms with van der Waals surface area (Å²) in [5.41, 5.74) is 2.37. The van der Waals surface area contributed by atoms with Crippen molar-refractivity contribution in [2.24, 2.45) is 4.99 Å². The van der Waals surface area contributed by atoms with E-state index in [1.807, 2.05) is 11.8 Å². The van der Waals surface area contributed by atoms with Gasteiger partial charge in [-0.2, -0.15) is 0 Å². The summed E-state index contributed by atoms with van der Waals surface area (Å²) in [5.74, 6) is 1.16. The van der Waals surface area contributed by atoms with E-state index in [1.165, 1.54) is 34.6 Å². The fraction of sp³-hybridized carbons (Fsp3) is 0.316. The van der Waals surface area contributed by atoms with Crippen LogP contribution in [-0.4, -0.2) is 23.8 Å². The molecule has 1 fully saturated rings. The SMILES string of the molecule is C.c1ccc2c(c1)N=C(N1CCCCC1)c1ccccc1S2. The highest BCUT2D eigenvalue weighted by atomic mass is 32.2. The molecule has 0 radical (unpaired) electrons. The van der Waals surface area contributed by atoms with Crippen LogP contribution in [0.5, 0.6) is 0 Å². The predicted octanol–water partition coefficient (Wildman–Crippen LogP) is 5.35. The molecule has 3 heteroatoms. The number of amidine groups is 1. The number of para-hydroxylation sites is 1. The molecule has 2 aromatic carbocycles. The number of rotatable bonds is 0. The van der Waals surface area contributed by atoms with E-state index in [1.54, 1.807) is 0 Å². The smallest absolute Gasteiger partial charge is 0.137 e. The number of likely N-dealkylation sites (tertiary alicyclic amines) is 1. The number of hydrogen-bond acceptors (Lipinski definition) is 3. The summed E-state index contributed by atoms with van der Waals surface area (Å²) < 4.78 is 0. The third kappa shape index (κ3) is 2.78. The first-order valence-electron chi connectivity index (χ1n) is 7.62. The molecular formula is C19H22N2S. The van der Waals surface area contributed by atoms with Gasteiger partial charge < -0.3 is 4.90 Å². The molecule has 2 heterocycles. The summed E-state index contributed by atoms with van der Waals surface area (Å²) in [5, 5.41) is 0. The van der Waals surface area contributed by atoms with Gasteiger partial charge in [-0.25, -0.2) is 4.99 Å². The van der Waals surface area contributed by atoms with Crippen LogP contribution in [0.25, 0.3) is 0 Å². The molecule has 2 nitrogen and oxygen atoms in total. The Hall–Kier alpha value is -1.74. The van der Waals surface area contributed by atoms with Gasteiger partial charge in [-0.3, -0.25) is 0 Å². The third-order valence-corrected chi connectivity index (χ3v) is 5.24. The topological polar surface area (TPSA) is 15.6 Å². The minimum Gasteiger partial charge on any atom is -0.356 e. The molecule has 2 aliphatic rings. The van der Waals surface area contributed by atoms with Gasteiger partial charge in [0.1, 0.15) is 5.84 Å². The van der Waals surface area contributed by atoms with E-state index in [0.29, 0.717) is 0 Å². The fourth-order valence-corrected chi connectivity index (χ4v) is 4.03. The second-order valence-corrected chi connectivity index (χ2v) is 6.63. The first-order valence-corrected chi connectivity index (χ1v) is 8.43. The van der Waals surface area contributed by atoms with Crippen LogP contribution < -0.4 is 0 Å². The Morgan fingerprint density at radius 2 is 1.50 bits per heavy atom. The van der Waals surface area contributed by atoms with Gasteiger partial charge in [-0.05, 0) is 37.5 Å². The van der Waals surface area contributed by atoms with Crippen LogP contribution in [0.2, 0.25) is 0 Å². The molecule has 0 atom stereocenters.